The van der Waals surface area contributed by atoms with Crippen molar-refractivity contribution in [1.82, 2.24) is 9.71 Å². The van der Waals surface area contributed by atoms with Crippen LogP contribution in [-0.2, 0) is 11.3 Å². The van der Waals surface area contributed by atoms with Crippen molar-refractivity contribution in [3.63, 3.8) is 0 Å². The Bertz CT molecular complexity index is 719. The first-order valence-corrected chi connectivity index (χ1v) is 11.2. The first-order valence-electron chi connectivity index (χ1n) is 10.4. The van der Waals surface area contributed by atoms with E-state index < -0.39 is 0 Å². The molecule has 0 unspecified atom stereocenters. The molecule has 2 heterocycles. The molecule has 7 heteroatoms. The number of anilines is 1. The van der Waals surface area contributed by atoms with Gasteiger partial charge in [0.2, 0.25) is 0 Å². The van der Waals surface area contributed by atoms with Crippen molar-refractivity contribution >= 4 is 17.8 Å². The third-order valence-electron chi connectivity index (χ3n) is 5.13. The molecule has 1 aromatic carbocycles. The minimum absolute atomic E-state index is 0.224. The van der Waals surface area contributed by atoms with Crippen LogP contribution in [-0.4, -0.2) is 37.3 Å². The molecule has 1 saturated heterocycles. The van der Waals surface area contributed by atoms with Crippen molar-refractivity contribution in [2.75, 3.05) is 31.2 Å². The summed E-state index contributed by atoms with van der Waals surface area (Å²) in [6.07, 6.45) is 8.74. The highest BCUT2D eigenvalue weighted by atomic mass is 32.2. The summed E-state index contributed by atoms with van der Waals surface area (Å²) in [6.45, 7) is 3.90. The molecular weight excluding hydrogens is 387 g/mol. The maximum absolute atomic E-state index is 12.3. The second kappa shape index (κ2) is 12.1. The Hall–Kier alpha value is -1.67. The quantitative estimate of drug-likeness (QED) is 0.712. The number of aromatic nitrogens is 1. The Morgan fingerprint density at radius 1 is 1.14 bits per heavy atom. The fourth-order valence-corrected chi connectivity index (χ4v) is 4.23. The van der Waals surface area contributed by atoms with E-state index in [1.165, 1.54) is 49.1 Å². The van der Waals surface area contributed by atoms with E-state index in [9.17, 15) is 4.39 Å². The molecule has 0 amide bonds. The Morgan fingerprint density at radius 3 is 2.55 bits per heavy atom. The highest BCUT2D eigenvalue weighted by Crippen LogP contribution is 2.23. The van der Waals surface area contributed by atoms with E-state index >= 15 is 0 Å². The van der Waals surface area contributed by atoms with Crippen molar-refractivity contribution in [2.45, 2.75) is 49.6 Å². The molecular formula is C22H31FN4OS. The molecule has 29 heavy (non-hydrogen) atoms. The Labute approximate surface area is 177 Å². The molecule has 158 valence electrons. The van der Waals surface area contributed by atoms with E-state index in [-0.39, 0.29) is 5.82 Å². The first kappa shape index (κ1) is 22.0. The van der Waals surface area contributed by atoms with Gasteiger partial charge in [-0.1, -0.05) is 31.4 Å². The number of ether oxygens (including phenoxy) is 1. The van der Waals surface area contributed by atoms with Gasteiger partial charge in [-0.25, -0.2) is 9.37 Å². The molecule has 2 aromatic rings. The molecule has 2 aliphatic rings. The predicted octanol–water partition coefficient (Wildman–Crippen LogP) is 4.13. The highest BCUT2D eigenvalue weighted by Gasteiger charge is 2.14. The summed E-state index contributed by atoms with van der Waals surface area (Å²) in [4.78, 5) is 8.06. The van der Waals surface area contributed by atoms with E-state index in [4.69, 9.17) is 10.5 Å². The van der Waals surface area contributed by atoms with Gasteiger partial charge in [-0.2, -0.15) is 0 Å². The fraction of sp³-hybridized carbons (Fsp3) is 0.500. The van der Waals surface area contributed by atoms with Crippen molar-refractivity contribution in [3.05, 3.63) is 54.0 Å². The molecule has 1 aliphatic heterocycles. The molecule has 2 fully saturated rings. The highest BCUT2D eigenvalue weighted by molar-refractivity contribution is 7.97. The van der Waals surface area contributed by atoms with Gasteiger partial charge in [-0.05, 0) is 54.6 Å². The standard InChI is InChI=1S/C15H23N3OS.C7H8FN/c1-2-4-13(5-3-1)17-20-14-6-7-15(16-12-14)18-8-10-19-11-9-18;8-7-3-1-2-6(4-7)5-9/h6-7,12-13,17H,1-5,8-11H2;1-4H,5,9H2. The van der Waals surface area contributed by atoms with Crippen LogP contribution in [0.25, 0.3) is 0 Å². The molecule has 1 saturated carbocycles. The summed E-state index contributed by atoms with van der Waals surface area (Å²) in [6, 6.07) is 11.2. The van der Waals surface area contributed by atoms with E-state index in [1.54, 1.807) is 24.1 Å². The van der Waals surface area contributed by atoms with E-state index in [2.05, 4.69) is 26.7 Å². The number of rotatable bonds is 5. The van der Waals surface area contributed by atoms with E-state index in [0.29, 0.717) is 12.6 Å². The fourth-order valence-electron chi connectivity index (χ4n) is 3.45. The number of pyridine rings is 1. The molecule has 0 atom stereocenters. The van der Waals surface area contributed by atoms with Gasteiger partial charge in [-0.3, -0.25) is 4.72 Å². The second-order valence-corrected chi connectivity index (χ2v) is 8.25. The monoisotopic (exact) mass is 418 g/mol. The van der Waals surface area contributed by atoms with Gasteiger partial charge >= 0.3 is 0 Å². The molecule has 1 aromatic heterocycles. The van der Waals surface area contributed by atoms with Crippen molar-refractivity contribution in [3.8, 4) is 0 Å². The summed E-state index contributed by atoms with van der Waals surface area (Å²) in [5, 5.41) is 0. The maximum Gasteiger partial charge on any atom is 0.128 e. The van der Waals surface area contributed by atoms with Crippen molar-refractivity contribution in [1.29, 1.82) is 0 Å². The summed E-state index contributed by atoms with van der Waals surface area (Å²) < 4.78 is 21.2. The van der Waals surface area contributed by atoms with E-state index in [1.807, 2.05) is 6.20 Å². The minimum atomic E-state index is -0.224. The third kappa shape index (κ3) is 7.59. The number of nitrogens with one attached hydrogen (secondary N) is 1. The minimum Gasteiger partial charge on any atom is -0.378 e. The average molecular weight is 419 g/mol. The summed E-state index contributed by atoms with van der Waals surface area (Å²) in [5.41, 5.74) is 6.08. The van der Waals surface area contributed by atoms with Crippen LogP contribution in [0.1, 0.15) is 37.7 Å². The van der Waals surface area contributed by atoms with Gasteiger partial charge in [0.1, 0.15) is 11.6 Å². The lowest BCUT2D eigenvalue weighted by molar-refractivity contribution is 0.122. The molecule has 3 N–H and O–H groups in total. The van der Waals surface area contributed by atoms with Crippen molar-refractivity contribution < 1.29 is 9.13 Å². The van der Waals surface area contributed by atoms with Gasteiger partial charge in [0.05, 0.1) is 13.2 Å². The lowest BCUT2D eigenvalue weighted by Gasteiger charge is -2.27. The predicted molar refractivity (Wildman–Crippen MR) is 117 cm³/mol. The van der Waals surface area contributed by atoms with Crippen LogP contribution < -0.4 is 15.4 Å². The normalized spacial score (nSPS) is 17.5. The molecule has 0 radical (unpaired) electrons. The summed E-state index contributed by atoms with van der Waals surface area (Å²) >= 11 is 1.73. The molecule has 5 nitrogen and oxygen atoms in total. The zero-order valence-corrected chi connectivity index (χ0v) is 17.7. The lowest BCUT2D eigenvalue weighted by atomic mass is 9.96. The van der Waals surface area contributed by atoms with Gasteiger partial charge in [0.25, 0.3) is 0 Å². The largest absolute Gasteiger partial charge is 0.378 e. The van der Waals surface area contributed by atoms with Crippen LogP contribution in [0.4, 0.5) is 10.2 Å². The zero-order chi connectivity index (χ0) is 20.3. The molecule has 0 spiro atoms. The van der Waals surface area contributed by atoms with Gasteiger partial charge in [-0.15, -0.1) is 0 Å². The van der Waals surface area contributed by atoms with Crippen LogP contribution >= 0.6 is 11.9 Å². The first-order chi connectivity index (χ1) is 14.2. The summed E-state index contributed by atoms with van der Waals surface area (Å²) in [5.74, 6) is 0.841. The Morgan fingerprint density at radius 2 is 1.93 bits per heavy atom. The van der Waals surface area contributed by atoms with Gasteiger partial charge < -0.3 is 15.4 Å². The van der Waals surface area contributed by atoms with Crippen LogP contribution in [0, 0.1) is 5.82 Å². The second-order valence-electron chi connectivity index (χ2n) is 7.34. The van der Waals surface area contributed by atoms with Gasteiger partial charge in [0.15, 0.2) is 0 Å². The van der Waals surface area contributed by atoms with Crippen LogP contribution in [0.3, 0.4) is 0 Å². The number of benzene rings is 1. The number of nitrogens with two attached hydrogens (primary N) is 1. The number of hydrogen-bond acceptors (Lipinski definition) is 6. The zero-order valence-electron chi connectivity index (χ0n) is 16.9. The Kier molecular flexibility index (Phi) is 9.21. The van der Waals surface area contributed by atoms with Crippen LogP contribution in [0.2, 0.25) is 0 Å². The summed E-state index contributed by atoms with van der Waals surface area (Å²) in [7, 11) is 0. The topological polar surface area (TPSA) is 63.4 Å². The maximum atomic E-state index is 12.3. The molecule has 4 rings (SSSR count). The Balaban J connectivity index is 0.000000224. The lowest BCUT2D eigenvalue weighted by Crippen LogP contribution is -2.36. The van der Waals surface area contributed by atoms with Gasteiger partial charge in [0, 0.05) is 36.8 Å². The molecule has 1 aliphatic carbocycles. The number of nitrogens with zero attached hydrogens (tertiary/aromatic N) is 2. The smallest absolute Gasteiger partial charge is 0.128 e. The van der Waals surface area contributed by atoms with Crippen molar-refractivity contribution in [2.24, 2.45) is 5.73 Å². The number of halogens is 1. The van der Waals surface area contributed by atoms with E-state index in [0.717, 1.165) is 37.7 Å². The molecule has 0 bridgehead atoms. The van der Waals surface area contributed by atoms with Crippen LogP contribution in [0.5, 0.6) is 0 Å². The number of hydrogen-bond donors (Lipinski definition) is 2. The van der Waals surface area contributed by atoms with Crippen LogP contribution in [0.15, 0.2) is 47.5 Å². The number of morpholine rings is 1. The SMILES string of the molecule is NCc1cccc(F)c1.c1cc(N2CCOCC2)ncc1SNC1CCCCC1. The third-order valence-corrected chi connectivity index (χ3v) is 6.06. The average Bonchev–Trinajstić information content (AvgIpc) is 2.80.